The second kappa shape index (κ2) is 3.49. The molecule has 0 radical (unpaired) electrons. The minimum Gasteiger partial charge on any atom is -0.266 e. The van der Waals surface area contributed by atoms with Crippen LogP contribution in [0.1, 0.15) is 20.8 Å². The number of aromatic nitrogens is 2. The number of nitrogens with zero attached hydrogens (tertiary/aromatic N) is 3. The van der Waals surface area contributed by atoms with Gasteiger partial charge in [-0.2, -0.15) is 5.10 Å². The molecule has 0 atom stereocenters. The third-order valence-electron chi connectivity index (χ3n) is 1.63. The first-order chi connectivity index (χ1) is 6.38. The molecule has 6 heteroatoms. The van der Waals surface area contributed by atoms with Gasteiger partial charge in [0.1, 0.15) is 5.02 Å². The van der Waals surface area contributed by atoms with Crippen LogP contribution >= 0.6 is 11.6 Å². The number of halogens is 1. The van der Waals surface area contributed by atoms with E-state index in [0.717, 1.165) is 0 Å². The molecule has 0 N–H and O–H groups in total. The van der Waals surface area contributed by atoms with E-state index in [4.69, 9.17) is 11.6 Å². The van der Waals surface area contributed by atoms with Gasteiger partial charge in [-0.25, -0.2) is 4.68 Å². The number of rotatable bonds is 1. The maximum absolute atomic E-state index is 11.6. The van der Waals surface area contributed by atoms with Gasteiger partial charge in [-0.1, -0.05) is 11.6 Å². The summed E-state index contributed by atoms with van der Waals surface area (Å²) in [5, 5.41) is 6.21. The average Bonchev–Trinajstić information content (AvgIpc) is 2.07. The fraction of sp³-hybridized carbons (Fsp3) is 0.500. The third kappa shape index (κ3) is 1.82. The molecule has 0 saturated heterocycles. The highest BCUT2D eigenvalue weighted by atomic mass is 35.5. The van der Waals surface area contributed by atoms with Gasteiger partial charge in [0.05, 0.1) is 11.7 Å². The molecule has 0 amide bonds. The first-order valence-corrected chi connectivity index (χ1v) is 4.37. The smallest absolute Gasteiger partial charge is 0.266 e. The van der Waals surface area contributed by atoms with Gasteiger partial charge in [0.25, 0.3) is 5.56 Å². The highest BCUT2D eigenvalue weighted by Gasteiger charge is 2.19. The lowest BCUT2D eigenvalue weighted by atomic mass is 10.1. The summed E-state index contributed by atoms with van der Waals surface area (Å²) in [5.74, 6) is 0. The molecule has 0 unspecified atom stereocenters. The zero-order valence-electron chi connectivity index (χ0n) is 8.11. The lowest BCUT2D eigenvalue weighted by Gasteiger charge is -2.20. The molecule has 1 aromatic heterocycles. The van der Waals surface area contributed by atoms with Crippen molar-refractivity contribution >= 4 is 17.3 Å². The molecule has 14 heavy (non-hydrogen) atoms. The summed E-state index contributed by atoms with van der Waals surface area (Å²) in [7, 11) is 0. The zero-order chi connectivity index (χ0) is 10.9. The van der Waals surface area contributed by atoms with Crippen molar-refractivity contribution in [3.8, 4) is 0 Å². The molecule has 76 valence electrons. The lowest BCUT2D eigenvalue weighted by Crippen LogP contribution is -2.35. The molecule has 0 saturated carbocycles. The Labute approximate surface area is 85.7 Å². The van der Waals surface area contributed by atoms with Crippen LogP contribution in [0.4, 0.5) is 5.69 Å². The van der Waals surface area contributed by atoms with Crippen LogP contribution in [0.15, 0.2) is 16.2 Å². The molecule has 0 fully saturated rings. The Morgan fingerprint density at radius 1 is 1.50 bits per heavy atom. The van der Waals surface area contributed by atoms with Crippen LogP contribution in [-0.2, 0) is 5.54 Å². The van der Waals surface area contributed by atoms with Crippen molar-refractivity contribution in [2.75, 3.05) is 0 Å². The SMILES string of the molecule is CC(C)(C)n1ncc(N=O)c(Cl)c1=O. The van der Waals surface area contributed by atoms with Crippen molar-refractivity contribution < 1.29 is 0 Å². The Hall–Kier alpha value is -1.23. The second-order valence-corrected chi connectivity index (χ2v) is 4.20. The van der Waals surface area contributed by atoms with Gasteiger partial charge in [-0.15, -0.1) is 4.91 Å². The largest absolute Gasteiger partial charge is 0.288 e. The highest BCUT2D eigenvalue weighted by Crippen LogP contribution is 2.20. The maximum atomic E-state index is 11.6. The number of hydrogen-bond acceptors (Lipinski definition) is 4. The molecular formula is C8H10ClN3O2. The van der Waals surface area contributed by atoms with E-state index in [1.165, 1.54) is 10.9 Å². The van der Waals surface area contributed by atoms with E-state index < -0.39 is 11.1 Å². The van der Waals surface area contributed by atoms with Gasteiger partial charge in [0.2, 0.25) is 0 Å². The summed E-state index contributed by atoms with van der Waals surface area (Å²) in [6.45, 7) is 5.43. The summed E-state index contributed by atoms with van der Waals surface area (Å²) in [4.78, 5) is 21.8. The summed E-state index contributed by atoms with van der Waals surface area (Å²) in [5.41, 5.74) is -1.10. The number of nitroso groups, excluding NO2 is 1. The summed E-state index contributed by atoms with van der Waals surface area (Å²) >= 11 is 5.64. The van der Waals surface area contributed by atoms with Crippen molar-refractivity contribution in [3.63, 3.8) is 0 Å². The van der Waals surface area contributed by atoms with E-state index in [-0.39, 0.29) is 10.7 Å². The molecule has 1 heterocycles. The normalized spacial score (nSPS) is 11.4. The van der Waals surface area contributed by atoms with Crippen LogP contribution in [0, 0.1) is 4.91 Å². The maximum Gasteiger partial charge on any atom is 0.288 e. The van der Waals surface area contributed by atoms with Gasteiger partial charge in [0.15, 0.2) is 5.69 Å². The molecular weight excluding hydrogens is 206 g/mol. The van der Waals surface area contributed by atoms with Crippen LogP contribution in [0.2, 0.25) is 5.02 Å². The lowest BCUT2D eigenvalue weighted by molar-refractivity contribution is 0.338. The third-order valence-corrected chi connectivity index (χ3v) is 1.99. The molecule has 0 spiro atoms. The van der Waals surface area contributed by atoms with E-state index >= 15 is 0 Å². The van der Waals surface area contributed by atoms with Gasteiger partial charge in [-0.3, -0.25) is 4.79 Å². The molecule has 0 aliphatic heterocycles. The van der Waals surface area contributed by atoms with E-state index in [1.807, 2.05) is 20.8 Å². The molecule has 0 aliphatic rings. The van der Waals surface area contributed by atoms with E-state index in [9.17, 15) is 9.70 Å². The molecule has 0 bridgehead atoms. The van der Waals surface area contributed by atoms with Crippen molar-refractivity contribution in [1.82, 2.24) is 9.78 Å². The van der Waals surface area contributed by atoms with Crippen LogP contribution in [-0.4, -0.2) is 9.78 Å². The zero-order valence-corrected chi connectivity index (χ0v) is 8.87. The Kier molecular flexibility index (Phi) is 2.71. The first-order valence-electron chi connectivity index (χ1n) is 3.99. The fourth-order valence-corrected chi connectivity index (χ4v) is 1.13. The Morgan fingerprint density at radius 2 is 2.07 bits per heavy atom. The monoisotopic (exact) mass is 215 g/mol. The second-order valence-electron chi connectivity index (χ2n) is 3.82. The van der Waals surface area contributed by atoms with E-state index in [1.54, 1.807) is 0 Å². The van der Waals surface area contributed by atoms with Gasteiger partial charge in [-0.05, 0) is 25.9 Å². The van der Waals surface area contributed by atoms with Crippen molar-refractivity contribution in [1.29, 1.82) is 0 Å². The number of hydrogen-bond donors (Lipinski definition) is 0. The Balaban J connectivity index is 3.47. The molecule has 1 aromatic rings. The molecule has 5 nitrogen and oxygen atoms in total. The minimum atomic E-state index is -0.503. The quantitative estimate of drug-likeness (QED) is 0.674. The topological polar surface area (TPSA) is 64.3 Å². The summed E-state index contributed by atoms with van der Waals surface area (Å²) in [6, 6.07) is 0. The first kappa shape index (κ1) is 10.8. The average molecular weight is 216 g/mol. The predicted octanol–water partition coefficient (Wildman–Crippen LogP) is 2.05. The Morgan fingerprint density at radius 3 is 2.50 bits per heavy atom. The van der Waals surface area contributed by atoms with Crippen molar-refractivity contribution in [2.24, 2.45) is 5.18 Å². The molecule has 0 aliphatic carbocycles. The summed E-state index contributed by atoms with van der Waals surface area (Å²) < 4.78 is 1.21. The van der Waals surface area contributed by atoms with Crippen LogP contribution < -0.4 is 5.56 Å². The fourth-order valence-electron chi connectivity index (χ4n) is 0.966. The summed E-state index contributed by atoms with van der Waals surface area (Å²) in [6.07, 6.45) is 1.18. The molecule has 1 rings (SSSR count). The van der Waals surface area contributed by atoms with Crippen molar-refractivity contribution in [3.05, 3.63) is 26.5 Å². The Bertz CT molecular complexity index is 420. The van der Waals surface area contributed by atoms with Gasteiger partial charge >= 0.3 is 0 Å². The van der Waals surface area contributed by atoms with E-state index in [2.05, 4.69) is 10.3 Å². The minimum absolute atomic E-state index is 0.128. The van der Waals surface area contributed by atoms with Gasteiger partial charge in [0, 0.05) is 0 Å². The van der Waals surface area contributed by atoms with E-state index in [0.29, 0.717) is 0 Å². The highest BCUT2D eigenvalue weighted by molar-refractivity contribution is 6.32. The van der Waals surface area contributed by atoms with Gasteiger partial charge < -0.3 is 0 Å². The van der Waals surface area contributed by atoms with Crippen molar-refractivity contribution in [2.45, 2.75) is 26.3 Å². The van der Waals surface area contributed by atoms with Crippen LogP contribution in [0.25, 0.3) is 0 Å². The predicted molar refractivity (Wildman–Crippen MR) is 54.0 cm³/mol. The van der Waals surface area contributed by atoms with Crippen LogP contribution in [0.5, 0.6) is 0 Å². The van der Waals surface area contributed by atoms with Crippen LogP contribution in [0.3, 0.4) is 0 Å². The molecule has 0 aromatic carbocycles. The standard InChI is InChI=1S/C8H10ClN3O2/c1-8(2,3)12-7(13)6(9)5(11-14)4-10-12/h4H,1-3H3.